The molecule has 0 amide bonds. The number of benzene rings is 1. The van der Waals surface area contributed by atoms with Crippen LogP contribution in [0.1, 0.15) is 37.4 Å². The topological polar surface area (TPSA) is 52.7 Å². The Morgan fingerprint density at radius 2 is 2.04 bits per heavy atom. The first-order valence-electron chi connectivity index (χ1n) is 8.45. The average molecular weight is 337 g/mol. The molecule has 2 aliphatic heterocycles. The van der Waals surface area contributed by atoms with Gasteiger partial charge in [-0.25, -0.2) is 8.42 Å². The molecule has 0 aromatic heterocycles. The summed E-state index contributed by atoms with van der Waals surface area (Å²) >= 11 is 0. The lowest BCUT2D eigenvalue weighted by atomic mass is 10.0. The Hall–Kier alpha value is -1.11. The normalized spacial score (nSPS) is 24.3. The van der Waals surface area contributed by atoms with Gasteiger partial charge in [0.15, 0.2) is 0 Å². The molecule has 5 nitrogen and oxygen atoms in total. The van der Waals surface area contributed by atoms with Crippen molar-refractivity contribution >= 4 is 15.7 Å². The Balaban J connectivity index is 1.86. The van der Waals surface area contributed by atoms with E-state index >= 15 is 0 Å². The predicted molar refractivity (Wildman–Crippen MR) is 94.4 cm³/mol. The van der Waals surface area contributed by atoms with Crippen LogP contribution in [0.15, 0.2) is 18.2 Å². The Labute approximate surface area is 139 Å². The first kappa shape index (κ1) is 16.7. The minimum Gasteiger partial charge on any atom is -0.315 e. The van der Waals surface area contributed by atoms with Crippen LogP contribution in [0.25, 0.3) is 0 Å². The third-order valence-corrected chi connectivity index (χ3v) is 6.29. The summed E-state index contributed by atoms with van der Waals surface area (Å²) in [7, 11) is -3.21. The van der Waals surface area contributed by atoms with Gasteiger partial charge in [-0.15, -0.1) is 0 Å². The van der Waals surface area contributed by atoms with Crippen LogP contribution in [-0.2, 0) is 16.4 Å². The molecule has 0 spiro atoms. The summed E-state index contributed by atoms with van der Waals surface area (Å²) in [5.41, 5.74) is 3.29. The number of rotatable bonds is 3. The van der Waals surface area contributed by atoms with Crippen LogP contribution in [-0.4, -0.2) is 51.8 Å². The third kappa shape index (κ3) is 3.39. The number of hydrogen-bond donors (Lipinski definition) is 1. The summed E-state index contributed by atoms with van der Waals surface area (Å²) in [5.74, 6) is 0. The van der Waals surface area contributed by atoms with E-state index in [-0.39, 0.29) is 6.04 Å². The van der Waals surface area contributed by atoms with Gasteiger partial charge in [0.05, 0.1) is 11.9 Å². The molecular weight excluding hydrogens is 310 g/mol. The SMILES string of the molecule is CC(c1ccc2c(c1)CC(C)N2S(C)(=O)=O)N1CCCNCC1. The van der Waals surface area contributed by atoms with Gasteiger partial charge in [-0.05, 0) is 57.0 Å². The molecule has 2 atom stereocenters. The smallest absolute Gasteiger partial charge is 0.232 e. The van der Waals surface area contributed by atoms with E-state index in [1.54, 1.807) is 4.31 Å². The van der Waals surface area contributed by atoms with Crippen LogP contribution in [0.4, 0.5) is 5.69 Å². The maximum Gasteiger partial charge on any atom is 0.232 e. The van der Waals surface area contributed by atoms with Gasteiger partial charge in [-0.1, -0.05) is 12.1 Å². The minimum absolute atomic E-state index is 0.00735. The molecule has 23 heavy (non-hydrogen) atoms. The first-order valence-corrected chi connectivity index (χ1v) is 10.3. The summed E-state index contributed by atoms with van der Waals surface area (Å²) in [5, 5.41) is 3.44. The maximum atomic E-state index is 12.0. The van der Waals surface area contributed by atoms with Gasteiger partial charge in [0, 0.05) is 25.2 Å². The molecule has 0 radical (unpaired) electrons. The van der Waals surface area contributed by atoms with Gasteiger partial charge in [-0.2, -0.15) is 0 Å². The molecule has 1 saturated heterocycles. The number of nitrogens with zero attached hydrogens (tertiary/aromatic N) is 2. The standard InChI is InChI=1S/C17H27N3O2S/c1-13-11-16-12-15(5-6-17(16)20(13)23(3,21)22)14(2)19-9-4-7-18-8-10-19/h5-6,12-14,18H,4,7-11H2,1-3H3. The van der Waals surface area contributed by atoms with Gasteiger partial charge in [0.25, 0.3) is 0 Å². The molecule has 0 aliphatic carbocycles. The van der Waals surface area contributed by atoms with E-state index in [4.69, 9.17) is 0 Å². The third-order valence-electron chi connectivity index (χ3n) is 5.02. The summed E-state index contributed by atoms with van der Waals surface area (Å²) in [6, 6.07) is 6.66. The van der Waals surface area contributed by atoms with Gasteiger partial charge in [0.1, 0.15) is 0 Å². The van der Waals surface area contributed by atoms with Crippen molar-refractivity contribution in [1.82, 2.24) is 10.2 Å². The van der Waals surface area contributed by atoms with Crippen molar-refractivity contribution in [3.63, 3.8) is 0 Å². The largest absolute Gasteiger partial charge is 0.315 e. The molecule has 1 aromatic rings. The molecule has 1 aromatic carbocycles. The quantitative estimate of drug-likeness (QED) is 0.913. The van der Waals surface area contributed by atoms with Crippen LogP contribution in [0.2, 0.25) is 0 Å². The lowest BCUT2D eigenvalue weighted by Crippen LogP contribution is -2.34. The molecule has 1 fully saturated rings. The first-order chi connectivity index (χ1) is 10.9. The van der Waals surface area contributed by atoms with Crippen LogP contribution in [0, 0.1) is 0 Å². The zero-order valence-electron chi connectivity index (χ0n) is 14.2. The number of nitrogens with one attached hydrogen (secondary N) is 1. The molecule has 128 valence electrons. The van der Waals surface area contributed by atoms with Crippen LogP contribution in [0.5, 0.6) is 0 Å². The molecule has 6 heteroatoms. The van der Waals surface area contributed by atoms with Crippen molar-refractivity contribution < 1.29 is 8.42 Å². The molecule has 0 bridgehead atoms. The summed E-state index contributed by atoms with van der Waals surface area (Å²) in [4.78, 5) is 2.51. The van der Waals surface area contributed by atoms with Crippen molar-refractivity contribution in [3.05, 3.63) is 29.3 Å². The van der Waals surface area contributed by atoms with E-state index in [0.717, 1.165) is 43.9 Å². The van der Waals surface area contributed by atoms with Gasteiger partial charge in [-0.3, -0.25) is 9.21 Å². The highest BCUT2D eigenvalue weighted by atomic mass is 32.2. The van der Waals surface area contributed by atoms with Gasteiger partial charge < -0.3 is 5.32 Å². The van der Waals surface area contributed by atoms with E-state index in [0.29, 0.717) is 6.04 Å². The Kier molecular flexibility index (Phi) is 4.67. The van der Waals surface area contributed by atoms with E-state index < -0.39 is 10.0 Å². The second-order valence-electron chi connectivity index (χ2n) is 6.82. The summed E-state index contributed by atoms with van der Waals surface area (Å²) < 4.78 is 25.6. The molecule has 0 saturated carbocycles. The monoisotopic (exact) mass is 337 g/mol. The van der Waals surface area contributed by atoms with Crippen molar-refractivity contribution in [1.29, 1.82) is 0 Å². The van der Waals surface area contributed by atoms with Crippen molar-refractivity contribution in [2.24, 2.45) is 0 Å². The Bertz CT molecular complexity index is 666. The second kappa shape index (κ2) is 6.42. The van der Waals surface area contributed by atoms with E-state index in [1.807, 2.05) is 13.0 Å². The fraction of sp³-hybridized carbons (Fsp3) is 0.647. The van der Waals surface area contributed by atoms with Gasteiger partial charge in [0.2, 0.25) is 10.0 Å². The second-order valence-corrected chi connectivity index (χ2v) is 8.68. The lowest BCUT2D eigenvalue weighted by molar-refractivity contribution is 0.225. The summed E-state index contributed by atoms with van der Waals surface area (Å²) in [6.45, 7) is 8.52. The average Bonchev–Trinajstić information content (AvgIpc) is 2.66. The summed E-state index contributed by atoms with van der Waals surface area (Å²) in [6.07, 6.45) is 3.26. The lowest BCUT2D eigenvalue weighted by Gasteiger charge is -2.28. The minimum atomic E-state index is -3.21. The highest BCUT2D eigenvalue weighted by molar-refractivity contribution is 7.92. The number of anilines is 1. The van der Waals surface area contributed by atoms with Crippen LogP contribution in [0.3, 0.4) is 0 Å². The predicted octanol–water partition coefficient (Wildman–Crippen LogP) is 1.75. The number of sulfonamides is 1. The zero-order valence-corrected chi connectivity index (χ0v) is 15.1. The molecule has 3 rings (SSSR count). The Morgan fingerprint density at radius 1 is 1.26 bits per heavy atom. The van der Waals surface area contributed by atoms with Crippen molar-refractivity contribution in [2.45, 2.75) is 38.8 Å². The van der Waals surface area contributed by atoms with Crippen molar-refractivity contribution in [2.75, 3.05) is 36.7 Å². The number of hydrogen-bond acceptors (Lipinski definition) is 4. The van der Waals surface area contributed by atoms with E-state index in [1.165, 1.54) is 18.2 Å². The fourth-order valence-electron chi connectivity index (χ4n) is 3.85. The zero-order chi connectivity index (χ0) is 16.6. The van der Waals surface area contributed by atoms with Crippen LogP contribution < -0.4 is 9.62 Å². The maximum absolute atomic E-state index is 12.0. The number of fused-ring (bicyclic) bond motifs is 1. The van der Waals surface area contributed by atoms with Crippen LogP contribution >= 0.6 is 0 Å². The molecule has 1 N–H and O–H groups in total. The highest BCUT2D eigenvalue weighted by Gasteiger charge is 2.33. The van der Waals surface area contributed by atoms with E-state index in [2.05, 4.69) is 29.3 Å². The molecule has 2 heterocycles. The molecular formula is C17H27N3O2S. The highest BCUT2D eigenvalue weighted by Crippen LogP contribution is 2.36. The van der Waals surface area contributed by atoms with E-state index in [9.17, 15) is 8.42 Å². The fourth-order valence-corrected chi connectivity index (χ4v) is 5.12. The molecule has 2 aliphatic rings. The molecule has 2 unspecified atom stereocenters. The van der Waals surface area contributed by atoms with Gasteiger partial charge >= 0.3 is 0 Å². The Morgan fingerprint density at radius 3 is 2.78 bits per heavy atom. The van der Waals surface area contributed by atoms with Crippen molar-refractivity contribution in [3.8, 4) is 0 Å².